The standard InChI is InChI=1S/C18H17F7N4O.CH3NO/c1-9-5-12(3-4-26-9)27-15(30)13-10(2)14(17(21,22)18(23,24)25)28-29(13)8-11-6-16(19,20)7-11;2-1-3/h3-5,11H,6-8H2,1-2H3,(H,26,27,30);1H,(H2,2,3). The molecule has 0 aliphatic heterocycles. The molecule has 0 spiro atoms. The molecule has 1 fully saturated rings. The number of aryl methyl sites for hydroxylation is 1. The topological polar surface area (TPSA) is 103 Å². The molecule has 3 rings (SSSR count). The lowest BCUT2D eigenvalue weighted by molar-refractivity contribution is -0.291. The Labute approximate surface area is 183 Å². The van der Waals surface area contributed by atoms with Crippen molar-refractivity contribution in [2.24, 2.45) is 11.7 Å². The van der Waals surface area contributed by atoms with Gasteiger partial charge in [0.25, 0.3) is 5.91 Å². The summed E-state index contributed by atoms with van der Waals surface area (Å²) in [6.45, 7) is 2.16. The van der Waals surface area contributed by atoms with E-state index in [2.05, 4.69) is 21.1 Å². The average Bonchev–Trinajstić information content (AvgIpc) is 2.96. The van der Waals surface area contributed by atoms with Gasteiger partial charge in [0.1, 0.15) is 11.4 Å². The van der Waals surface area contributed by atoms with Crippen LogP contribution in [-0.4, -0.2) is 39.2 Å². The van der Waals surface area contributed by atoms with Crippen LogP contribution in [0.2, 0.25) is 0 Å². The fraction of sp³-hybridized carbons (Fsp3) is 0.474. The second kappa shape index (κ2) is 9.35. The van der Waals surface area contributed by atoms with Crippen LogP contribution in [0.15, 0.2) is 18.3 Å². The number of hydrogen-bond acceptors (Lipinski definition) is 4. The van der Waals surface area contributed by atoms with E-state index in [1.807, 2.05) is 0 Å². The van der Waals surface area contributed by atoms with Crippen molar-refractivity contribution in [3.8, 4) is 0 Å². The van der Waals surface area contributed by atoms with E-state index in [1.165, 1.54) is 18.3 Å². The molecule has 0 aromatic carbocycles. The zero-order chi connectivity index (χ0) is 25.2. The largest absolute Gasteiger partial charge is 0.459 e. The lowest BCUT2D eigenvalue weighted by Crippen LogP contribution is -2.38. The zero-order valence-corrected chi connectivity index (χ0v) is 17.4. The smallest absolute Gasteiger partial charge is 0.372 e. The first-order valence-corrected chi connectivity index (χ1v) is 9.42. The summed E-state index contributed by atoms with van der Waals surface area (Å²) >= 11 is 0. The minimum Gasteiger partial charge on any atom is -0.372 e. The van der Waals surface area contributed by atoms with Crippen molar-refractivity contribution in [2.75, 3.05) is 5.32 Å². The third-order valence-corrected chi connectivity index (χ3v) is 4.82. The molecule has 0 atom stereocenters. The summed E-state index contributed by atoms with van der Waals surface area (Å²) in [5, 5.41) is 5.72. The number of nitrogens with zero attached hydrogens (tertiary/aromatic N) is 3. The molecule has 0 radical (unpaired) electrons. The number of hydrogen-bond donors (Lipinski definition) is 2. The summed E-state index contributed by atoms with van der Waals surface area (Å²) in [7, 11) is 0. The molecule has 14 heteroatoms. The molecule has 1 saturated carbocycles. The minimum absolute atomic E-state index is 0.235. The number of nitrogens with one attached hydrogen (secondary N) is 1. The first-order chi connectivity index (χ1) is 15.1. The maximum atomic E-state index is 14.0. The molecular formula is C19H20F7N5O2. The minimum atomic E-state index is -5.93. The van der Waals surface area contributed by atoms with Crippen LogP contribution in [0.4, 0.5) is 36.4 Å². The number of alkyl halides is 7. The highest BCUT2D eigenvalue weighted by molar-refractivity contribution is 6.04. The first-order valence-electron chi connectivity index (χ1n) is 9.42. The van der Waals surface area contributed by atoms with Gasteiger partial charge in [0, 0.05) is 42.5 Å². The number of amides is 2. The molecule has 2 aromatic rings. The fourth-order valence-corrected chi connectivity index (χ4v) is 3.38. The van der Waals surface area contributed by atoms with Crippen molar-refractivity contribution in [2.45, 2.75) is 51.3 Å². The van der Waals surface area contributed by atoms with Gasteiger partial charge in [-0.3, -0.25) is 19.3 Å². The van der Waals surface area contributed by atoms with Gasteiger partial charge in [-0.1, -0.05) is 0 Å². The van der Waals surface area contributed by atoms with Crippen LogP contribution in [0.3, 0.4) is 0 Å². The second-order valence-corrected chi connectivity index (χ2v) is 7.48. The summed E-state index contributed by atoms with van der Waals surface area (Å²) in [5.41, 5.74) is 2.08. The van der Waals surface area contributed by atoms with Crippen molar-refractivity contribution < 1.29 is 40.3 Å². The Morgan fingerprint density at radius 1 is 1.27 bits per heavy atom. The quantitative estimate of drug-likeness (QED) is 0.497. The van der Waals surface area contributed by atoms with E-state index in [0.717, 1.165) is 6.92 Å². The van der Waals surface area contributed by atoms with Gasteiger partial charge < -0.3 is 11.1 Å². The molecule has 3 N–H and O–H groups in total. The molecule has 2 amide bonds. The van der Waals surface area contributed by atoms with Gasteiger partial charge in [-0.25, -0.2) is 8.78 Å². The molecule has 7 nitrogen and oxygen atoms in total. The highest BCUT2D eigenvalue weighted by Crippen LogP contribution is 2.46. The molecule has 33 heavy (non-hydrogen) atoms. The predicted octanol–water partition coefficient (Wildman–Crippen LogP) is 3.95. The Morgan fingerprint density at radius 3 is 2.33 bits per heavy atom. The van der Waals surface area contributed by atoms with Crippen molar-refractivity contribution >= 4 is 18.0 Å². The molecule has 2 heterocycles. The van der Waals surface area contributed by atoms with E-state index in [1.54, 1.807) is 6.92 Å². The maximum absolute atomic E-state index is 14.0. The normalized spacial score (nSPS) is 15.8. The molecule has 0 unspecified atom stereocenters. The van der Waals surface area contributed by atoms with Crippen LogP contribution in [-0.2, 0) is 17.3 Å². The number of halogens is 7. The molecule has 1 aliphatic carbocycles. The van der Waals surface area contributed by atoms with Crippen molar-refractivity contribution in [3.05, 3.63) is 41.0 Å². The van der Waals surface area contributed by atoms with Crippen LogP contribution < -0.4 is 11.1 Å². The highest BCUT2D eigenvalue weighted by atomic mass is 19.4. The monoisotopic (exact) mass is 483 g/mol. The van der Waals surface area contributed by atoms with Gasteiger partial charge in [0.2, 0.25) is 12.3 Å². The SMILES string of the molecule is Cc1cc(NC(=O)c2c(C)c(C(F)(F)C(F)(F)F)nn2CC2CC(F)(F)C2)ccn1.NC=O. The van der Waals surface area contributed by atoms with E-state index < -0.39 is 59.6 Å². The summed E-state index contributed by atoms with van der Waals surface area (Å²) in [4.78, 5) is 25.2. The van der Waals surface area contributed by atoms with E-state index in [9.17, 15) is 35.5 Å². The first kappa shape index (κ1) is 26.1. The molecule has 1 aliphatic rings. The Balaban J connectivity index is 0.00000122. The fourth-order valence-electron chi connectivity index (χ4n) is 3.38. The van der Waals surface area contributed by atoms with Crippen molar-refractivity contribution in [1.29, 1.82) is 0 Å². The van der Waals surface area contributed by atoms with Gasteiger partial charge in [0.05, 0.1) is 0 Å². The predicted molar refractivity (Wildman–Crippen MR) is 102 cm³/mol. The lowest BCUT2D eigenvalue weighted by Gasteiger charge is -2.35. The van der Waals surface area contributed by atoms with E-state index >= 15 is 0 Å². The second-order valence-electron chi connectivity index (χ2n) is 7.48. The van der Waals surface area contributed by atoms with Gasteiger partial charge in [-0.05, 0) is 31.9 Å². The molecular weight excluding hydrogens is 463 g/mol. The number of aromatic nitrogens is 3. The molecule has 182 valence electrons. The Kier molecular flexibility index (Phi) is 7.39. The molecule has 0 saturated heterocycles. The third-order valence-electron chi connectivity index (χ3n) is 4.82. The van der Waals surface area contributed by atoms with E-state index in [0.29, 0.717) is 10.4 Å². The summed E-state index contributed by atoms with van der Waals surface area (Å²) in [6, 6.07) is 2.87. The number of carbonyl (C=O) groups is 2. The summed E-state index contributed by atoms with van der Waals surface area (Å²) in [5.74, 6) is -9.93. The van der Waals surface area contributed by atoms with E-state index in [-0.39, 0.29) is 18.6 Å². The zero-order valence-electron chi connectivity index (χ0n) is 17.4. The molecule has 2 aromatic heterocycles. The lowest BCUT2D eigenvalue weighted by atomic mass is 9.81. The Morgan fingerprint density at radius 2 is 1.85 bits per heavy atom. The number of nitrogens with two attached hydrogens (primary N) is 1. The van der Waals surface area contributed by atoms with Crippen LogP contribution in [0.1, 0.15) is 40.3 Å². The number of primary amides is 1. The third kappa shape index (κ3) is 5.79. The maximum Gasteiger partial charge on any atom is 0.459 e. The number of carbonyl (C=O) groups excluding carboxylic acids is 2. The van der Waals surface area contributed by atoms with Crippen LogP contribution in [0.5, 0.6) is 0 Å². The van der Waals surface area contributed by atoms with Gasteiger partial charge in [0.15, 0.2) is 0 Å². The number of pyridine rings is 1. The van der Waals surface area contributed by atoms with Gasteiger partial charge >= 0.3 is 12.1 Å². The molecule has 0 bridgehead atoms. The average molecular weight is 483 g/mol. The summed E-state index contributed by atoms with van der Waals surface area (Å²) < 4.78 is 93.4. The van der Waals surface area contributed by atoms with Crippen molar-refractivity contribution in [3.63, 3.8) is 0 Å². The van der Waals surface area contributed by atoms with Crippen LogP contribution in [0, 0.1) is 19.8 Å². The Bertz CT molecular complexity index is 1010. The number of rotatable bonds is 5. The van der Waals surface area contributed by atoms with E-state index in [4.69, 9.17) is 4.79 Å². The van der Waals surface area contributed by atoms with Gasteiger partial charge in [-0.15, -0.1) is 0 Å². The number of anilines is 1. The summed E-state index contributed by atoms with van der Waals surface area (Å²) in [6.07, 6.45) is -5.45. The Hall–Kier alpha value is -3.19. The van der Waals surface area contributed by atoms with Crippen LogP contribution >= 0.6 is 0 Å². The van der Waals surface area contributed by atoms with Crippen LogP contribution in [0.25, 0.3) is 0 Å². The van der Waals surface area contributed by atoms with Gasteiger partial charge in [-0.2, -0.15) is 27.1 Å². The highest BCUT2D eigenvalue weighted by Gasteiger charge is 2.61. The van der Waals surface area contributed by atoms with Crippen molar-refractivity contribution in [1.82, 2.24) is 14.8 Å².